The number of fused-ring (bicyclic) bond motifs is 2. The van der Waals surface area contributed by atoms with Gasteiger partial charge in [-0.1, -0.05) is 36.4 Å². The minimum absolute atomic E-state index is 0.0168. The molecular formula is C26H29N3O5S. The summed E-state index contributed by atoms with van der Waals surface area (Å²) in [5, 5.41) is 0.513. The van der Waals surface area contributed by atoms with E-state index in [4.69, 9.17) is 4.74 Å². The summed E-state index contributed by atoms with van der Waals surface area (Å²) in [6, 6.07) is 14.7. The first-order valence-corrected chi connectivity index (χ1v) is 13.5. The van der Waals surface area contributed by atoms with E-state index in [0.29, 0.717) is 37.0 Å². The Balaban J connectivity index is 1.41. The first kappa shape index (κ1) is 23.6. The smallest absolute Gasteiger partial charge is 0.242 e. The van der Waals surface area contributed by atoms with Gasteiger partial charge in [0, 0.05) is 42.4 Å². The highest BCUT2D eigenvalue weighted by atomic mass is 32.2. The molecule has 1 saturated heterocycles. The van der Waals surface area contributed by atoms with Gasteiger partial charge in [0.15, 0.2) is 9.84 Å². The molecule has 3 aromatic rings. The zero-order chi connectivity index (χ0) is 24.7. The Bertz CT molecular complexity index is 1390. The van der Waals surface area contributed by atoms with Gasteiger partial charge in [-0.25, -0.2) is 8.42 Å². The van der Waals surface area contributed by atoms with Crippen molar-refractivity contribution >= 4 is 38.2 Å². The summed E-state index contributed by atoms with van der Waals surface area (Å²) in [7, 11) is -3.94. The summed E-state index contributed by atoms with van der Waals surface area (Å²) in [4.78, 5) is 29.5. The molecule has 2 aliphatic rings. The van der Waals surface area contributed by atoms with Crippen LogP contribution >= 0.6 is 0 Å². The van der Waals surface area contributed by atoms with E-state index in [2.05, 4.69) is 0 Å². The number of sulfone groups is 1. The second-order valence-corrected chi connectivity index (χ2v) is 11.3. The maximum absolute atomic E-state index is 13.4. The van der Waals surface area contributed by atoms with Crippen molar-refractivity contribution in [2.24, 2.45) is 0 Å². The third-order valence-electron chi connectivity index (χ3n) is 6.67. The van der Waals surface area contributed by atoms with Crippen LogP contribution in [0.3, 0.4) is 0 Å². The number of ether oxygens (including phenoxy) is 1. The minimum Gasteiger partial charge on any atom is -0.372 e. The third kappa shape index (κ3) is 4.58. The second-order valence-electron chi connectivity index (χ2n) is 9.38. The van der Waals surface area contributed by atoms with E-state index in [1.165, 1.54) is 6.20 Å². The van der Waals surface area contributed by atoms with Crippen molar-refractivity contribution in [1.82, 2.24) is 9.47 Å². The molecule has 2 aliphatic heterocycles. The van der Waals surface area contributed by atoms with E-state index < -0.39 is 21.5 Å². The average Bonchev–Trinajstić information content (AvgIpc) is 3.41. The van der Waals surface area contributed by atoms with Crippen molar-refractivity contribution in [2.75, 3.05) is 30.3 Å². The van der Waals surface area contributed by atoms with Crippen LogP contribution in [0.4, 0.5) is 5.69 Å². The van der Waals surface area contributed by atoms with Crippen molar-refractivity contribution < 1.29 is 22.7 Å². The van der Waals surface area contributed by atoms with Gasteiger partial charge >= 0.3 is 0 Å². The zero-order valence-electron chi connectivity index (χ0n) is 19.9. The number of hydrogen-bond donors (Lipinski definition) is 0. The molecule has 3 heterocycles. The van der Waals surface area contributed by atoms with Crippen molar-refractivity contribution in [1.29, 1.82) is 0 Å². The molecule has 8 nitrogen and oxygen atoms in total. The highest BCUT2D eigenvalue weighted by Crippen LogP contribution is 2.30. The maximum Gasteiger partial charge on any atom is 0.242 e. The van der Waals surface area contributed by atoms with Crippen LogP contribution < -0.4 is 4.90 Å². The molecule has 0 radical (unpaired) electrons. The number of amides is 2. The monoisotopic (exact) mass is 495 g/mol. The molecule has 0 bridgehead atoms. The highest BCUT2D eigenvalue weighted by molar-refractivity contribution is 7.92. The van der Waals surface area contributed by atoms with Crippen LogP contribution in [0, 0.1) is 0 Å². The van der Waals surface area contributed by atoms with Crippen molar-refractivity contribution in [3.63, 3.8) is 0 Å². The van der Waals surface area contributed by atoms with Gasteiger partial charge in [-0.3, -0.25) is 9.59 Å². The molecule has 0 N–H and O–H groups in total. The lowest BCUT2D eigenvalue weighted by Crippen LogP contribution is -2.49. The molecular weight excluding hydrogens is 466 g/mol. The van der Waals surface area contributed by atoms with Crippen LogP contribution in [0.25, 0.3) is 10.9 Å². The molecule has 184 valence electrons. The Morgan fingerprint density at radius 1 is 0.971 bits per heavy atom. The van der Waals surface area contributed by atoms with Crippen LogP contribution in [-0.2, 0) is 37.1 Å². The number of carbonyl (C=O) groups is 2. The van der Waals surface area contributed by atoms with Gasteiger partial charge in [0.05, 0.1) is 17.1 Å². The summed E-state index contributed by atoms with van der Waals surface area (Å²) in [5.41, 5.74) is 2.46. The lowest BCUT2D eigenvalue weighted by atomic mass is 10.2. The molecule has 0 aliphatic carbocycles. The van der Waals surface area contributed by atoms with Crippen LogP contribution in [0.15, 0.2) is 59.6 Å². The number of hydrogen-bond acceptors (Lipinski definition) is 5. The number of nitrogens with zero attached hydrogens (tertiary/aromatic N) is 3. The fraction of sp³-hybridized carbons (Fsp3) is 0.385. The first-order chi connectivity index (χ1) is 16.7. The van der Waals surface area contributed by atoms with Gasteiger partial charge in [0.25, 0.3) is 0 Å². The fourth-order valence-corrected chi connectivity index (χ4v) is 6.57. The quantitative estimate of drug-likeness (QED) is 0.543. The van der Waals surface area contributed by atoms with E-state index in [1.54, 1.807) is 32.6 Å². The van der Waals surface area contributed by atoms with E-state index >= 15 is 0 Å². The SMILES string of the molecule is C[C@@H]1CN(C(=O)Cn2cc(S(=O)(=O)CC(=O)N3CCc4ccccc43)c3ccccc32)C[C@H](C)O1. The summed E-state index contributed by atoms with van der Waals surface area (Å²) >= 11 is 0. The molecule has 1 aromatic heterocycles. The molecule has 2 atom stereocenters. The van der Waals surface area contributed by atoms with Crippen LogP contribution in [0.5, 0.6) is 0 Å². The summed E-state index contributed by atoms with van der Waals surface area (Å²) in [6.45, 7) is 5.35. The number of rotatable bonds is 5. The topological polar surface area (TPSA) is 88.9 Å². The van der Waals surface area contributed by atoms with Crippen LogP contribution in [0.1, 0.15) is 19.4 Å². The predicted molar refractivity (Wildman–Crippen MR) is 133 cm³/mol. The van der Waals surface area contributed by atoms with Crippen LogP contribution in [-0.4, -0.2) is 67.3 Å². The van der Waals surface area contributed by atoms with Gasteiger partial charge in [0.1, 0.15) is 12.3 Å². The Morgan fingerprint density at radius 2 is 1.66 bits per heavy atom. The molecule has 0 spiro atoms. The standard InChI is InChI=1S/C26H29N3O5S/c1-18-13-28(14-19(2)34-18)25(30)16-27-15-24(21-8-4-6-10-23(21)27)35(32,33)17-26(31)29-12-11-20-7-3-5-9-22(20)29/h3-10,15,18-19H,11-14,16-17H2,1-2H3/t18-,19+. The van der Waals surface area contributed by atoms with E-state index in [9.17, 15) is 18.0 Å². The number of anilines is 1. The van der Waals surface area contributed by atoms with E-state index in [0.717, 1.165) is 11.3 Å². The summed E-state index contributed by atoms with van der Waals surface area (Å²) in [5.74, 6) is -1.16. The summed E-state index contributed by atoms with van der Waals surface area (Å²) in [6.07, 6.45) is 2.10. The van der Waals surface area contributed by atoms with Gasteiger partial charge in [0.2, 0.25) is 11.8 Å². The Kier molecular flexibility index (Phi) is 6.14. The van der Waals surface area contributed by atoms with Gasteiger partial charge in [-0.2, -0.15) is 0 Å². The van der Waals surface area contributed by atoms with Crippen molar-refractivity contribution in [3.05, 3.63) is 60.3 Å². The van der Waals surface area contributed by atoms with Crippen molar-refractivity contribution in [3.8, 4) is 0 Å². The Hall–Kier alpha value is -3.17. The van der Waals surface area contributed by atoms with Crippen LogP contribution in [0.2, 0.25) is 0 Å². The maximum atomic E-state index is 13.4. The molecule has 1 fully saturated rings. The molecule has 35 heavy (non-hydrogen) atoms. The van der Waals surface area contributed by atoms with E-state index in [-0.39, 0.29) is 29.6 Å². The Labute approximate surface area is 205 Å². The van der Waals surface area contributed by atoms with Crippen molar-refractivity contribution in [2.45, 2.75) is 43.9 Å². The predicted octanol–water partition coefficient (Wildman–Crippen LogP) is 2.64. The normalized spacial score (nSPS) is 20.3. The number of morpholine rings is 1. The lowest BCUT2D eigenvalue weighted by Gasteiger charge is -2.35. The largest absolute Gasteiger partial charge is 0.372 e. The van der Waals surface area contributed by atoms with E-state index in [1.807, 2.05) is 44.2 Å². The molecule has 0 unspecified atom stereocenters. The number of para-hydroxylation sites is 2. The minimum atomic E-state index is -3.94. The first-order valence-electron chi connectivity index (χ1n) is 11.8. The number of benzene rings is 2. The highest BCUT2D eigenvalue weighted by Gasteiger charge is 2.31. The average molecular weight is 496 g/mol. The van der Waals surface area contributed by atoms with Gasteiger partial charge in [-0.05, 0) is 38.0 Å². The lowest BCUT2D eigenvalue weighted by molar-refractivity contribution is -0.143. The molecule has 0 saturated carbocycles. The molecule has 5 rings (SSSR count). The fourth-order valence-electron chi connectivity index (χ4n) is 5.13. The summed E-state index contributed by atoms with van der Waals surface area (Å²) < 4.78 is 34.3. The second kappa shape index (κ2) is 9.13. The van der Waals surface area contributed by atoms with Gasteiger partial charge in [-0.15, -0.1) is 0 Å². The number of aromatic nitrogens is 1. The Morgan fingerprint density at radius 3 is 2.43 bits per heavy atom. The zero-order valence-corrected chi connectivity index (χ0v) is 20.7. The molecule has 2 amide bonds. The van der Waals surface area contributed by atoms with Gasteiger partial charge < -0.3 is 19.1 Å². The number of carbonyl (C=O) groups excluding carboxylic acids is 2. The molecule has 2 aromatic carbocycles. The molecule has 9 heteroatoms. The third-order valence-corrected chi connectivity index (χ3v) is 8.29.